The van der Waals surface area contributed by atoms with Crippen LogP contribution in [0.25, 0.3) is 6.08 Å². The number of nitrogens with one attached hydrogen (secondary N) is 1. The van der Waals surface area contributed by atoms with Crippen molar-refractivity contribution in [3.05, 3.63) is 72.1 Å². The number of carbonyl (C=O) groups excluding carboxylic acids is 2. The first-order valence-electron chi connectivity index (χ1n) is 8.02. The molecule has 5 nitrogen and oxygen atoms in total. The summed E-state index contributed by atoms with van der Waals surface area (Å²) < 4.78 is 0. The van der Waals surface area contributed by atoms with Crippen LogP contribution < -0.4 is 5.32 Å². The summed E-state index contributed by atoms with van der Waals surface area (Å²) in [6, 6.07) is 13.0. The van der Waals surface area contributed by atoms with Crippen molar-refractivity contribution in [2.45, 2.75) is 12.6 Å². The molecule has 0 radical (unpaired) electrons. The average Bonchev–Trinajstić information content (AvgIpc) is 3.16. The summed E-state index contributed by atoms with van der Waals surface area (Å²) in [5.41, 5.74) is 1.89. The van der Waals surface area contributed by atoms with Crippen molar-refractivity contribution in [3.8, 4) is 0 Å². The van der Waals surface area contributed by atoms with Crippen molar-refractivity contribution in [2.24, 2.45) is 0 Å². The maximum Gasteiger partial charge on any atom is 0.247 e. The third-order valence-electron chi connectivity index (χ3n) is 3.88. The summed E-state index contributed by atoms with van der Waals surface area (Å²) in [7, 11) is 0. The Kier molecular flexibility index (Phi) is 5.85. The minimum absolute atomic E-state index is 0.114. The predicted molar refractivity (Wildman–Crippen MR) is 99.5 cm³/mol. The molecule has 2 amide bonds. The van der Waals surface area contributed by atoms with Crippen molar-refractivity contribution in [2.75, 3.05) is 11.6 Å². The van der Waals surface area contributed by atoms with Crippen LogP contribution >= 0.6 is 11.8 Å². The van der Waals surface area contributed by atoms with Crippen molar-refractivity contribution in [1.82, 2.24) is 15.2 Å². The second kappa shape index (κ2) is 8.48. The normalized spacial score (nSPS) is 17.0. The predicted octanol–water partition coefficient (Wildman–Crippen LogP) is 2.31. The van der Waals surface area contributed by atoms with Gasteiger partial charge in [0.05, 0.1) is 5.88 Å². The molecule has 1 aromatic heterocycles. The molecule has 0 spiro atoms. The van der Waals surface area contributed by atoms with Gasteiger partial charge in [0.1, 0.15) is 6.04 Å². The Labute approximate surface area is 151 Å². The zero-order valence-electron chi connectivity index (χ0n) is 13.7. The van der Waals surface area contributed by atoms with Gasteiger partial charge in [-0.1, -0.05) is 36.4 Å². The van der Waals surface area contributed by atoms with Crippen LogP contribution in [0.4, 0.5) is 0 Å². The SMILES string of the molecule is O=C(NCc1ccccc1)C1CSCN1C(=O)/C=C/c1cccnc1. The Bertz CT molecular complexity index is 750. The van der Waals surface area contributed by atoms with E-state index in [0.717, 1.165) is 11.1 Å². The summed E-state index contributed by atoms with van der Waals surface area (Å²) in [6.07, 6.45) is 6.59. The molecule has 2 heterocycles. The van der Waals surface area contributed by atoms with Crippen molar-refractivity contribution in [1.29, 1.82) is 0 Å². The van der Waals surface area contributed by atoms with Gasteiger partial charge in [-0.15, -0.1) is 11.8 Å². The summed E-state index contributed by atoms with van der Waals surface area (Å²) in [5, 5.41) is 2.92. The first-order chi connectivity index (χ1) is 12.2. The molecule has 25 heavy (non-hydrogen) atoms. The van der Waals surface area contributed by atoms with E-state index in [4.69, 9.17) is 0 Å². The largest absolute Gasteiger partial charge is 0.350 e. The fourth-order valence-electron chi connectivity index (χ4n) is 2.52. The number of amides is 2. The fraction of sp³-hybridized carbons (Fsp3) is 0.211. The van der Waals surface area contributed by atoms with E-state index in [1.54, 1.807) is 35.1 Å². The zero-order chi connectivity index (χ0) is 17.5. The van der Waals surface area contributed by atoms with Crippen LogP contribution in [0, 0.1) is 0 Å². The highest BCUT2D eigenvalue weighted by Gasteiger charge is 2.33. The van der Waals surface area contributed by atoms with E-state index < -0.39 is 6.04 Å². The van der Waals surface area contributed by atoms with Crippen LogP contribution in [-0.2, 0) is 16.1 Å². The van der Waals surface area contributed by atoms with E-state index in [1.807, 2.05) is 42.5 Å². The first kappa shape index (κ1) is 17.2. The van der Waals surface area contributed by atoms with E-state index in [1.165, 1.54) is 6.08 Å². The van der Waals surface area contributed by atoms with Crippen molar-refractivity contribution in [3.63, 3.8) is 0 Å². The summed E-state index contributed by atoms with van der Waals surface area (Å²) >= 11 is 1.59. The molecule has 0 aliphatic carbocycles. The molecule has 1 fully saturated rings. The highest BCUT2D eigenvalue weighted by Crippen LogP contribution is 2.21. The standard InChI is InChI=1S/C19H19N3O2S/c23-18(9-8-16-7-4-10-20-11-16)22-14-25-13-17(22)19(24)21-12-15-5-2-1-3-6-15/h1-11,17H,12-14H2,(H,21,24)/b9-8+. The lowest BCUT2D eigenvalue weighted by Gasteiger charge is -2.21. The van der Waals surface area contributed by atoms with Gasteiger partial charge in [-0.3, -0.25) is 14.6 Å². The number of nitrogens with zero attached hydrogens (tertiary/aromatic N) is 2. The molecule has 0 bridgehead atoms. The third-order valence-corrected chi connectivity index (χ3v) is 4.89. The average molecular weight is 353 g/mol. The Morgan fingerprint density at radius 1 is 1.24 bits per heavy atom. The Hall–Kier alpha value is -2.60. The first-order valence-corrected chi connectivity index (χ1v) is 9.17. The molecule has 3 rings (SSSR count). The number of pyridine rings is 1. The Balaban J connectivity index is 1.58. The lowest BCUT2D eigenvalue weighted by Crippen LogP contribution is -2.46. The molecule has 128 valence electrons. The molecule has 1 saturated heterocycles. The van der Waals surface area contributed by atoms with Gasteiger partial charge < -0.3 is 10.2 Å². The van der Waals surface area contributed by atoms with Crippen LogP contribution in [0.1, 0.15) is 11.1 Å². The summed E-state index contributed by atoms with van der Waals surface area (Å²) in [4.78, 5) is 30.5. The summed E-state index contributed by atoms with van der Waals surface area (Å²) in [5.74, 6) is 0.873. The zero-order valence-corrected chi connectivity index (χ0v) is 14.5. The van der Waals surface area contributed by atoms with E-state index in [-0.39, 0.29) is 11.8 Å². The lowest BCUT2D eigenvalue weighted by molar-refractivity contribution is -0.134. The molecule has 1 N–H and O–H groups in total. The van der Waals surface area contributed by atoms with Gasteiger partial charge in [0, 0.05) is 30.8 Å². The molecule has 1 atom stereocenters. The van der Waals surface area contributed by atoms with Crippen LogP contribution in [0.3, 0.4) is 0 Å². The number of hydrogen-bond donors (Lipinski definition) is 1. The minimum atomic E-state index is -0.431. The van der Waals surface area contributed by atoms with E-state index >= 15 is 0 Å². The van der Waals surface area contributed by atoms with Crippen molar-refractivity contribution < 1.29 is 9.59 Å². The molecule has 0 saturated carbocycles. The Morgan fingerprint density at radius 2 is 2.08 bits per heavy atom. The van der Waals surface area contributed by atoms with Gasteiger partial charge in [0.15, 0.2) is 0 Å². The van der Waals surface area contributed by atoms with Crippen LogP contribution in [-0.4, -0.2) is 39.4 Å². The monoisotopic (exact) mass is 353 g/mol. The van der Waals surface area contributed by atoms with Crippen molar-refractivity contribution >= 4 is 29.7 Å². The molecular formula is C19H19N3O2S. The van der Waals surface area contributed by atoms with Gasteiger partial charge in [0.25, 0.3) is 0 Å². The maximum absolute atomic E-state index is 12.5. The molecule has 1 aromatic carbocycles. The number of carbonyl (C=O) groups is 2. The number of thioether (sulfide) groups is 1. The minimum Gasteiger partial charge on any atom is -0.350 e. The number of rotatable bonds is 5. The quantitative estimate of drug-likeness (QED) is 0.838. The van der Waals surface area contributed by atoms with Gasteiger partial charge in [-0.05, 0) is 23.3 Å². The number of benzene rings is 1. The van der Waals surface area contributed by atoms with Gasteiger partial charge in [-0.25, -0.2) is 0 Å². The third kappa shape index (κ3) is 4.70. The van der Waals surface area contributed by atoms with Gasteiger partial charge >= 0.3 is 0 Å². The molecule has 1 aliphatic rings. The van der Waals surface area contributed by atoms with Crippen LogP contribution in [0.15, 0.2) is 60.9 Å². The number of aromatic nitrogens is 1. The molecule has 2 aromatic rings. The maximum atomic E-state index is 12.5. The van der Waals surface area contributed by atoms with Crippen LogP contribution in [0.5, 0.6) is 0 Å². The van der Waals surface area contributed by atoms with E-state index in [9.17, 15) is 9.59 Å². The second-order valence-electron chi connectivity index (χ2n) is 5.65. The van der Waals surface area contributed by atoms with Crippen LogP contribution in [0.2, 0.25) is 0 Å². The van der Waals surface area contributed by atoms with Gasteiger partial charge in [-0.2, -0.15) is 0 Å². The molecule has 1 unspecified atom stereocenters. The smallest absolute Gasteiger partial charge is 0.247 e. The Morgan fingerprint density at radius 3 is 2.84 bits per heavy atom. The molecular weight excluding hydrogens is 334 g/mol. The number of hydrogen-bond acceptors (Lipinski definition) is 4. The van der Waals surface area contributed by atoms with E-state index in [0.29, 0.717) is 18.2 Å². The molecule has 6 heteroatoms. The highest BCUT2D eigenvalue weighted by molar-refractivity contribution is 7.99. The second-order valence-corrected chi connectivity index (χ2v) is 6.65. The molecule has 1 aliphatic heterocycles. The highest BCUT2D eigenvalue weighted by atomic mass is 32.2. The topological polar surface area (TPSA) is 62.3 Å². The fourth-order valence-corrected chi connectivity index (χ4v) is 3.68. The van der Waals surface area contributed by atoms with E-state index in [2.05, 4.69) is 10.3 Å². The lowest BCUT2D eigenvalue weighted by atomic mass is 10.2. The van der Waals surface area contributed by atoms with Gasteiger partial charge in [0.2, 0.25) is 11.8 Å². The summed E-state index contributed by atoms with van der Waals surface area (Å²) in [6.45, 7) is 0.467.